The number of benzene rings is 2. The molecule has 0 radical (unpaired) electrons. The number of amides is 1. The molecule has 0 bridgehead atoms. The molecule has 3 nitrogen and oxygen atoms in total. The predicted octanol–water partition coefficient (Wildman–Crippen LogP) is 7.01. The number of nitrogens with zero attached hydrogens (tertiary/aromatic N) is 2. The molecule has 0 saturated carbocycles. The van der Waals surface area contributed by atoms with Gasteiger partial charge in [-0.05, 0) is 53.9 Å². The van der Waals surface area contributed by atoms with E-state index in [2.05, 4.69) is 0 Å². The number of carbonyl (C=O) groups is 1. The highest BCUT2D eigenvalue weighted by molar-refractivity contribution is 5.94. The van der Waals surface area contributed by atoms with E-state index in [-0.39, 0.29) is 31.6 Å². The van der Waals surface area contributed by atoms with Crippen LogP contribution in [0.1, 0.15) is 46.6 Å². The molecule has 188 valence electrons. The molecule has 0 aliphatic rings. The van der Waals surface area contributed by atoms with Gasteiger partial charge in [-0.3, -0.25) is 4.79 Å². The smallest absolute Gasteiger partial charge is 0.345 e. The lowest BCUT2D eigenvalue weighted by molar-refractivity contribution is -0.143. The lowest BCUT2D eigenvalue weighted by Crippen LogP contribution is -2.35. The molecule has 0 atom stereocenters. The van der Waals surface area contributed by atoms with Gasteiger partial charge in [0.05, 0.1) is 17.7 Å². The Morgan fingerprint density at radius 1 is 0.914 bits per heavy atom. The number of rotatable bonds is 7. The molecule has 2 aromatic carbocycles. The average Bonchev–Trinajstić information content (AvgIpc) is 3.17. The summed E-state index contributed by atoms with van der Waals surface area (Å²) in [7, 11) is 0. The molecule has 10 heteroatoms. The molecule has 3 aromatic rings. The molecule has 0 N–H and O–H groups in total. The highest BCUT2D eigenvalue weighted by Gasteiger charge is 2.38. The zero-order valence-electron chi connectivity index (χ0n) is 18.9. The quantitative estimate of drug-likeness (QED) is 0.321. The Labute approximate surface area is 197 Å². The first-order valence-electron chi connectivity index (χ1n) is 10.7. The lowest BCUT2D eigenvalue weighted by Gasteiger charge is -2.26. The van der Waals surface area contributed by atoms with E-state index < -0.39 is 40.8 Å². The van der Waals surface area contributed by atoms with E-state index in [0.717, 1.165) is 0 Å². The van der Waals surface area contributed by atoms with Crippen LogP contribution in [-0.4, -0.2) is 21.9 Å². The average molecular weight is 500 g/mol. The van der Waals surface area contributed by atoms with Crippen molar-refractivity contribution in [1.82, 2.24) is 9.47 Å². The molecule has 1 amide bonds. The number of halogens is 7. The first kappa shape index (κ1) is 26.3. The van der Waals surface area contributed by atoms with Gasteiger partial charge in [0.15, 0.2) is 0 Å². The number of aromatic nitrogens is 1. The molecular formula is C25H23F7N2O. The Morgan fingerprint density at radius 2 is 1.54 bits per heavy atom. The first-order valence-corrected chi connectivity index (χ1v) is 10.7. The van der Waals surface area contributed by atoms with Gasteiger partial charge in [0.2, 0.25) is 0 Å². The second-order valence-electron chi connectivity index (χ2n) is 8.63. The van der Waals surface area contributed by atoms with Crippen LogP contribution in [0, 0.1) is 11.7 Å². The van der Waals surface area contributed by atoms with E-state index in [1.807, 2.05) is 0 Å². The minimum atomic E-state index is -5.06. The van der Waals surface area contributed by atoms with Gasteiger partial charge in [0.25, 0.3) is 5.91 Å². The maximum absolute atomic E-state index is 13.6. The standard InChI is InChI=1S/C25H23F7N2O/c1-16(2)13-34(15-22-7-4-8-33(22)14-17-5-3-6-21(26)9-17)23(35)18-10-19(24(27,28)29)12-20(11-18)25(30,31)32/h3-12,16H,13-15H2,1-2H3. The van der Waals surface area contributed by atoms with Crippen molar-refractivity contribution < 1.29 is 35.5 Å². The Morgan fingerprint density at radius 3 is 2.09 bits per heavy atom. The molecule has 0 spiro atoms. The van der Waals surface area contributed by atoms with Gasteiger partial charge in [-0.25, -0.2) is 4.39 Å². The molecule has 35 heavy (non-hydrogen) atoms. The molecule has 0 aliphatic carbocycles. The van der Waals surface area contributed by atoms with Gasteiger partial charge < -0.3 is 9.47 Å². The number of alkyl halides is 6. The largest absolute Gasteiger partial charge is 0.416 e. The summed E-state index contributed by atoms with van der Waals surface area (Å²) in [4.78, 5) is 14.4. The molecular weight excluding hydrogens is 477 g/mol. The van der Waals surface area contributed by atoms with Crippen LogP contribution in [0.15, 0.2) is 60.8 Å². The van der Waals surface area contributed by atoms with Gasteiger partial charge in [-0.2, -0.15) is 26.3 Å². The van der Waals surface area contributed by atoms with E-state index in [9.17, 15) is 35.5 Å². The summed E-state index contributed by atoms with van der Waals surface area (Å²) < 4.78 is 95.0. The minimum Gasteiger partial charge on any atom is -0.345 e. The van der Waals surface area contributed by atoms with Crippen molar-refractivity contribution in [2.45, 2.75) is 39.3 Å². The Balaban J connectivity index is 1.95. The molecule has 0 aliphatic heterocycles. The third kappa shape index (κ3) is 6.86. The van der Waals surface area contributed by atoms with E-state index in [1.54, 1.807) is 48.9 Å². The van der Waals surface area contributed by atoms with E-state index >= 15 is 0 Å². The topological polar surface area (TPSA) is 25.2 Å². The zero-order chi connectivity index (χ0) is 26.0. The fourth-order valence-corrected chi connectivity index (χ4v) is 3.70. The highest BCUT2D eigenvalue weighted by atomic mass is 19.4. The van der Waals surface area contributed by atoms with Crippen LogP contribution < -0.4 is 0 Å². The summed E-state index contributed by atoms with van der Waals surface area (Å²) in [5.74, 6) is -1.48. The summed E-state index contributed by atoms with van der Waals surface area (Å²) in [5.41, 5.74) is -2.55. The number of carbonyl (C=O) groups excluding carboxylic acids is 1. The number of hydrogen-bond donors (Lipinski definition) is 0. The van der Waals surface area contributed by atoms with Crippen molar-refractivity contribution >= 4 is 5.91 Å². The fourth-order valence-electron chi connectivity index (χ4n) is 3.70. The van der Waals surface area contributed by atoms with Crippen molar-refractivity contribution in [1.29, 1.82) is 0 Å². The van der Waals surface area contributed by atoms with Crippen molar-refractivity contribution in [3.05, 3.63) is 94.6 Å². The molecule has 1 heterocycles. The predicted molar refractivity (Wildman–Crippen MR) is 116 cm³/mol. The van der Waals surface area contributed by atoms with Crippen LogP contribution in [0.4, 0.5) is 30.7 Å². The maximum Gasteiger partial charge on any atom is 0.416 e. The minimum absolute atomic E-state index is 0.00624. The van der Waals surface area contributed by atoms with Gasteiger partial charge in [-0.1, -0.05) is 26.0 Å². The normalized spacial score (nSPS) is 12.3. The van der Waals surface area contributed by atoms with Gasteiger partial charge in [0.1, 0.15) is 5.82 Å². The molecule has 0 unspecified atom stereocenters. The van der Waals surface area contributed by atoms with Gasteiger partial charge in [0, 0.05) is 30.5 Å². The molecule has 0 saturated heterocycles. The lowest BCUT2D eigenvalue weighted by atomic mass is 10.0. The third-order valence-corrected chi connectivity index (χ3v) is 5.23. The SMILES string of the molecule is CC(C)CN(Cc1cccn1Cc1cccc(F)c1)C(=O)c1cc(C(F)(F)F)cc(C(F)(F)F)c1. The Hall–Kier alpha value is -3.30. The second kappa shape index (κ2) is 10.1. The zero-order valence-corrected chi connectivity index (χ0v) is 18.9. The van der Waals surface area contributed by atoms with Crippen LogP contribution in [0.3, 0.4) is 0 Å². The summed E-state index contributed by atoms with van der Waals surface area (Å²) in [6, 6.07) is 10.2. The van der Waals surface area contributed by atoms with Gasteiger partial charge in [-0.15, -0.1) is 0 Å². The molecule has 1 aromatic heterocycles. The van der Waals surface area contributed by atoms with Crippen LogP contribution in [0.2, 0.25) is 0 Å². The summed E-state index contributed by atoms with van der Waals surface area (Å²) in [6.45, 7) is 3.86. The summed E-state index contributed by atoms with van der Waals surface area (Å²) in [5, 5.41) is 0. The highest BCUT2D eigenvalue weighted by Crippen LogP contribution is 2.36. The van der Waals surface area contributed by atoms with Crippen LogP contribution >= 0.6 is 0 Å². The monoisotopic (exact) mass is 500 g/mol. The van der Waals surface area contributed by atoms with Gasteiger partial charge >= 0.3 is 12.4 Å². The third-order valence-electron chi connectivity index (χ3n) is 5.23. The van der Waals surface area contributed by atoms with Crippen molar-refractivity contribution in [3.63, 3.8) is 0 Å². The van der Waals surface area contributed by atoms with Crippen molar-refractivity contribution in [2.75, 3.05) is 6.54 Å². The summed E-state index contributed by atoms with van der Waals surface area (Å²) >= 11 is 0. The fraction of sp³-hybridized carbons (Fsp3) is 0.320. The van der Waals surface area contributed by atoms with E-state index in [1.165, 1.54) is 17.0 Å². The van der Waals surface area contributed by atoms with E-state index in [0.29, 0.717) is 23.4 Å². The summed E-state index contributed by atoms with van der Waals surface area (Å²) in [6.07, 6.45) is -8.41. The molecule has 0 fully saturated rings. The van der Waals surface area contributed by atoms with Crippen LogP contribution in [-0.2, 0) is 25.4 Å². The maximum atomic E-state index is 13.6. The van der Waals surface area contributed by atoms with Crippen LogP contribution in [0.5, 0.6) is 0 Å². The van der Waals surface area contributed by atoms with Crippen LogP contribution in [0.25, 0.3) is 0 Å². The Kier molecular flexibility index (Phi) is 7.62. The van der Waals surface area contributed by atoms with Crippen molar-refractivity contribution in [2.24, 2.45) is 5.92 Å². The number of hydrogen-bond acceptors (Lipinski definition) is 1. The second-order valence-corrected chi connectivity index (χ2v) is 8.63. The molecule has 3 rings (SSSR count). The van der Waals surface area contributed by atoms with E-state index in [4.69, 9.17) is 0 Å². The first-order chi connectivity index (χ1) is 16.2. The Bertz CT molecular complexity index is 1150. The van der Waals surface area contributed by atoms with Crippen molar-refractivity contribution in [3.8, 4) is 0 Å².